The van der Waals surface area contributed by atoms with Crippen LogP contribution in [0.15, 0.2) is 0 Å². The zero-order valence-corrected chi connectivity index (χ0v) is 12.1. The van der Waals surface area contributed by atoms with Crippen molar-refractivity contribution in [2.75, 3.05) is 27.2 Å². The van der Waals surface area contributed by atoms with Crippen LogP contribution < -0.4 is 5.32 Å². The van der Waals surface area contributed by atoms with Crippen LogP contribution in [-0.2, 0) is 9.53 Å². The van der Waals surface area contributed by atoms with Crippen molar-refractivity contribution in [1.82, 2.24) is 10.2 Å². The average molecular weight is 256 g/mol. The van der Waals surface area contributed by atoms with Gasteiger partial charge >= 0.3 is 0 Å². The van der Waals surface area contributed by atoms with Crippen LogP contribution in [0.4, 0.5) is 0 Å². The Labute approximate surface area is 111 Å². The van der Waals surface area contributed by atoms with Gasteiger partial charge in [0.05, 0.1) is 19.1 Å². The minimum atomic E-state index is 0.147. The predicted octanol–water partition coefficient (Wildman–Crippen LogP) is 1.79. The van der Waals surface area contributed by atoms with Gasteiger partial charge in [-0.2, -0.15) is 0 Å². The topological polar surface area (TPSA) is 41.6 Å². The fraction of sp³-hybridized carbons (Fsp3) is 0.929. The van der Waals surface area contributed by atoms with E-state index in [1.807, 2.05) is 0 Å². The molecule has 0 bridgehead atoms. The highest BCUT2D eigenvalue weighted by Crippen LogP contribution is 2.21. The zero-order chi connectivity index (χ0) is 13.4. The van der Waals surface area contributed by atoms with Crippen molar-refractivity contribution in [1.29, 1.82) is 0 Å². The van der Waals surface area contributed by atoms with Crippen molar-refractivity contribution in [3.05, 3.63) is 0 Å². The highest BCUT2D eigenvalue weighted by atomic mass is 16.5. The molecule has 0 aliphatic heterocycles. The first kappa shape index (κ1) is 15.4. The minimum Gasteiger partial charge on any atom is -0.378 e. The van der Waals surface area contributed by atoms with Crippen molar-refractivity contribution >= 4 is 5.91 Å². The molecule has 0 atom stereocenters. The molecule has 0 unspecified atom stereocenters. The molecule has 106 valence electrons. The van der Waals surface area contributed by atoms with E-state index in [9.17, 15) is 4.79 Å². The van der Waals surface area contributed by atoms with Gasteiger partial charge in [0.1, 0.15) is 0 Å². The summed E-state index contributed by atoms with van der Waals surface area (Å²) in [6, 6.07) is 0.674. The highest BCUT2D eigenvalue weighted by Gasteiger charge is 2.21. The fourth-order valence-electron chi connectivity index (χ4n) is 2.32. The van der Waals surface area contributed by atoms with E-state index in [-0.39, 0.29) is 5.91 Å². The Hall–Kier alpha value is -0.610. The van der Waals surface area contributed by atoms with Gasteiger partial charge in [0.25, 0.3) is 0 Å². The molecule has 0 saturated heterocycles. The first-order valence-electron chi connectivity index (χ1n) is 7.18. The van der Waals surface area contributed by atoms with Gasteiger partial charge in [-0.1, -0.05) is 6.92 Å². The van der Waals surface area contributed by atoms with Crippen LogP contribution in [0.2, 0.25) is 0 Å². The number of amides is 1. The third kappa shape index (κ3) is 5.83. The zero-order valence-electron chi connectivity index (χ0n) is 12.1. The molecule has 0 spiro atoms. The van der Waals surface area contributed by atoms with Gasteiger partial charge in [-0.25, -0.2) is 0 Å². The Morgan fingerprint density at radius 1 is 1.28 bits per heavy atom. The van der Waals surface area contributed by atoms with Crippen molar-refractivity contribution in [2.24, 2.45) is 0 Å². The van der Waals surface area contributed by atoms with Crippen LogP contribution in [0, 0.1) is 0 Å². The second kappa shape index (κ2) is 8.48. The van der Waals surface area contributed by atoms with Crippen molar-refractivity contribution in [2.45, 2.75) is 57.6 Å². The van der Waals surface area contributed by atoms with E-state index < -0.39 is 0 Å². The number of carbonyl (C=O) groups excluding carboxylic acids is 1. The Morgan fingerprint density at radius 3 is 2.50 bits per heavy atom. The predicted molar refractivity (Wildman–Crippen MR) is 73.6 cm³/mol. The number of nitrogens with one attached hydrogen (secondary N) is 1. The normalized spacial score (nSPS) is 23.9. The molecule has 18 heavy (non-hydrogen) atoms. The quantitative estimate of drug-likeness (QED) is 0.755. The lowest BCUT2D eigenvalue weighted by Gasteiger charge is -2.29. The molecule has 4 heteroatoms. The molecular weight excluding hydrogens is 228 g/mol. The van der Waals surface area contributed by atoms with Gasteiger partial charge in [-0.3, -0.25) is 4.79 Å². The van der Waals surface area contributed by atoms with Gasteiger partial charge < -0.3 is 15.0 Å². The van der Waals surface area contributed by atoms with Gasteiger partial charge in [-0.05, 0) is 38.6 Å². The third-order valence-corrected chi connectivity index (χ3v) is 3.53. The number of nitrogens with zero attached hydrogens (tertiary/aromatic N) is 1. The number of ether oxygens (including phenoxy) is 1. The summed E-state index contributed by atoms with van der Waals surface area (Å²) in [5, 5.41) is 3.56. The van der Waals surface area contributed by atoms with Crippen LogP contribution in [0.3, 0.4) is 0 Å². The summed E-state index contributed by atoms with van der Waals surface area (Å²) in [7, 11) is 3.57. The maximum atomic E-state index is 11.4. The van der Waals surface area contributed by atoms with Crippen LogP contribution in [0.25, 0.3) is 0 Å². The van der Waals surface area contributed by atoms with Gasteiger partial charge in [0, 0.05) is 20.1 Å². The Kier molecular flexibility index (Phi) is 7.28. The summed E-state index contributed by atoms with van der Waals surface area (Å²) >= 11 is 0. The molecule has 0 aromatic heterocycles. The fourth-order valence-corrected chi connectivity index (χ4v) is 2.32. The van der Waals surface area contributed by atoms with Crippen LogP contribution >= 0.6 is 0 Å². The lowest BCUT2D eigenvalue weighted by Crippen LogP contribution is -2.36. The first-order valence-corrected chi connectivity index (χ1v) is 7.18. The molecule has 1 amide bonds. The highest BCUT2D eigenvalue weighted by molar-refractivity contribution is 5.75. The summed E-state index contributed by atoms with van der Waals surface area (Å²) in [5.74, 6) is 0.147. The van der Waals surface area contributed by atoms with Gasteiger partial charge in [-0.15, -0.1) is 0 Å². The second-order valence-electron chi connectivity index (χ2n) is 5.34. The maximum absolute atomic E-state index is 11.4. The summed E-state index contributed by atoms with van der Waals surface area (Å²) in [6.45, 7) is 3.88. The summed E-state index contributed by atoms with van der Waals surface area (Å²) < 4.78 is 5.78. The maximum Gasteiger partial charge on any atom is 0.224 e. The molecule has 4 nitrogen and oxygen atoms in total. The van der Waals surface area contributed by atoms with Crippen molar-refractivity contribution < 1.29 is 9.53 Å². The second-order valence-corrected chi connectivity index (χ2v) is 5.34. The van der Waals surface area contributed by atoms with Crippen LogP contribution in [-0.4, -0.2) is 50.2 Å². The molecule has 0 radical (unpaired) electrons. The van der Waals surface area contributed by atoms with E-state index >= 15 is 0 Å². The Morgan fingerprint density at radius 2 is 1.94 bits per heavy atom. The SMILES string of the molecule is CCCNC1CCC(OCCC(=O)N(C)C)CC1. The van der Waals surface area contributed by atoms with E-state index in [1.165, 1.54) is 19.3 Å². The van der Waals surface area contributed by atoms with Crippen LogP contribution in [0.1, 0.15) is 45.4 Å². The first-order chi connectivity index (χ1) is 8.63. The number of carbonyl (C=O) groups is 1. The van der Waals surface area contributed by atoms with E-state index in [2.05, 4.69) is 12.2 Å². The number of hydrogen-bond donors (Lipinski definition) is 1. The average Bonchev–Trinajstić information content (AvgIpc) is 2.37. The molecule has 1 rings (SSSR count). The standard InChI is InChI=1S/C14H28N2O2/c1-4-10-15-12-5-7-13(8-6-12)18-11-9-14(17)16(2)3/h12-13,15H,4-11H2,1-3H3. The summed E-state index contributed by atoms with van der Waals surface area (Å²) in [6.07, 6.45) is 6.71. The molecule has 1 saturated carbocycles. The lowest BCUT2D eigenvalue weighted by molar-refractivity contribution is -0.130. The molecule has 1 fully saturated rings. The lowest BCUT2D eigenvalue weighted by atomic mass is 9.93. The Balaban J connectivity index is 2.07. The van der Waals surface area contributed by atoms with Gasteiger partial charge in [0.15, 0.2) is 0 Å². The Bertz CT molecular complexity index is 236. The molecule has 1 N–H and O–H groups in total. The molecule has 1 aliphatic carbocycles. The van der Waals surface area contributed by atoms with E-state index in [0.717, 1.165) is 19.4 Å². The molecular formula is C14H28N2O2. The van der Waals surface area contributed by atoms with Crippen molar-refractivity contribution in [3.8, 4) is 0 Å². The largest absolute Gasteiger partial charge is 0.378 e. The smallest absolute Gasteiger partial charge is 0.224 e. The van der Waals surface area contributed by atoms with Gasteiger partial charge in [0.2, 0.25) is 5.91 Å². The molecule has 0 heterocycles. The number of rotatable bonds is 7. The molecule has 0 aromatic carbocycles. The van der Waals surface area contributed by atoms with E-state index in [0.29, 0.717) is 25.2 Å². The third-order valence-electron chi connectivity index (χ3n) is 3.53. The number of hydrogen-bond acceptors (Lipinski definition) is 3. The molecule has 0 aromatic rings. The van der Waals surface area contributed by atoms with Crippen molar-refractivity contribution in [3.63, 3.8) is 0 Å². The monoisotopic (exact) mass is 256 g/mol. The van der Waals surface area contributed by atoms with E-state index in [4.69, 9.17) is 4.74 Å². The summed E-state index contributed by atoms with van der Waals surface area (Å²) in [4.78, 5) is 13.0. The molecule has 1 aliphatic rings. The summed E-state index contributed by atoms with van der Waals surface area (Å²) in [5.41, 5.74) is 0. The van der Waals surface area contributed by atoms with E-state index in [1.54, 1.807) is 19.0 Å². The minimum absolute atomic E-state index is 0.147. The van der Waals surface area contributed by atoms with Crippen LogP contribution in [0.5, 0.6) is 0 Å².